The van der Waals surface area contributed by atoms with Gasteiger partial charge < -0.3 is 5.73 Å². The second kappa shape index (κ2) is 3.67. The van der Waals surface area contributed by atoms with Gasteiger partial charge in [-0.05, 0) is 20.3 Å². The Morgan fingerprint density at radius 1 is 1.62 bits per heavy atom. The fourth-order valence-corrected chi connectivity index (χ4v) is 0.546. The van der Waals surface area contributed by atoms with Crippen molar-refractivity contribution in [1.82, 2.24) is 0 Å². The van der Waals surface area contributed by atoms with Crippen molar-refractivity contribution >= 4 is 0 Å². The standard InChI is InChI=1S/C7H15N/c1-4-7(8)5-6(2)3/h5,7H,4,8H2,1-3H3. The number of rotatable bonds is 2. The first-order valence-corrected chi connectivity index (χ1v) is 3.07. The molecule has 1 nitrogen and oxygen atoms in total. The molecule has 48 valence electrons. The van der Waals surface area contributed by atoms with Gasteiger partial charge >= 0.3 is 0 Å². The molecule has 0 aliphatic rings. The molecule has 0 heterocycles. The van der Waals surface area contributed by atoms with E-state index in [4.69, 9.17) is 5.73 Å². The molecule has 0 aromatic heterocycles. The van der Waals surface area contributed by atoms with Crippen LogP contribution in [0.1, 0.15) is 27.2 Å². The average Bonchev–Trinajstić information content (AvgIpc) is 1.65. The summed E-state index contributed by atoms with van der Waals surface area (Å²) < 4.78 is 0. The van der Waals surface area contributed by atoms with E-state index in [1.54, 1.807) is 0 Å². The van der Waals surface area contributed by atoms with Crippen LogP contribution in [0.3, 0.4) is 0 Å². The molecule has 0 radical (unpaired) electrons. The van der Waals surface area contributed by atoms with Gasteiger partial charge in [-0.3, -0.25) is 0 Å². The number of nitrogens with two attached hydrogens (primary N) is 1. The van der Waals surface area contributed by atoms with Gasteiger partial charge in [0, 0.05) is 6.04 Å². The molecule has 0 aliphatic carbocycles. The molecule has 1 heteroatoms. The molecule has 1 atom stereocenters. The van der Waals surface area contributed by atoms with E-state index < -0.39 is 0 Å². The minimum absolute atomic E-state index is 0.264. The van der Waals surface area contributed by atoms with Crippen LogP contribution in [0.2, 0.25) is 0 Å². The quantitative estimate of drug-likeness (QED) is 0.542. The van der Waals surface area contributed by atoms with Crippen molar-refractivity contribution in [3.63, 3.8) is 0 Å². The molecule has 0 aromatic carbocycles. The van der Waals surface area contributed by atoms with Crippen LogP contribution >= 0.6 is 0 Å². The molecule has 0 amide bonds. The molecular formula is C7H15N. The van der Waals surface area contributed by atoms with E-state index in [-0.39, 0.29) is 6.04 Å². The van der Waals surface area contributed by atoms with Gasteiger partial charge in [0.2, 0.25) is 0 Å². The average molecular weight is 113 g/mol. The molecule has 0 aliphatic heterocycles. The lowest BCUT2D eigenvalue weighted by Gasteiger charge is -2.00. The fourth-order valence-electron chi connectivity index (χ4n) is 0.546. The maximum Gasteiger partial charge on any atom is 0.0223 e. The third kappa shape index (κ3) is 3.88. The van der Waals surface area contributed by atoms with Gasteiger partial charge in [0.25, 0.3) is 0 Å². The Morgan fingerprint density at radius 3 is 2.25 bits per heavy atom. The van der Waals surface area contributed by atoms with Gasteiger partial charge in [-0.1, -0.05) is 18.6 Å². The first-order valence-electron chi connectivity index (χ1n) is 3.07. The molecule has 0 fully saturated rings. The second-order valence-corrected chi connectivity index (χ2v) is 2.32. The van der Waals surface area contributed by atoms with Crippen LogP contribution in [-0.4, -0.2) is 6.04 Å². The third-order valence-corrected chi connectivity index (χ3v) is 1.02. The summed E-state index contributed by atoms with van der Waals surface area (Å²) in [6.45, 7) is 6.22. The Morgan fingerprint density at radius 2 is 2.12 bits per heavy atom. The van der Waals surface area contributed by atoms with E-state index in [0.717, 1.165) is 6.42 Å². The SMILES string of the molecule is CCC(N)C=C(C)C. The van der Waals surface area contributed by atoms with E-state index in [0.29, 0.717) is 0 Å². The molecule has 0 saturated heterocycles. The second-order valence-electron chi connectivity index (χ2n) is 2.32. The molecular weight excluding hydrogens is 98.1 g/mol. The van der Waals surface area contributed by atoms with E-state index in [2.05, 4.69) is 26.8 Å². The van der Waals surface area contributed by atoms with E-state index in [1.165, 1.54) is 5.57 Å². The van der Waals surface area contributed by atoms with E-state index >= 15 is 0 Å². The lowest BCUT2D eigenvalue weighted by molar-refractivity contribution is 0.776. The fraction of sp³-hybridized carbons (Fsp3) is 0.714. The summed E-state index contributed by atoms with van der Waals surface area (Å²) in [5, 5.41) is 0. The summed E-state index contributed by atoms with van der Waals surface area (Å²) in [7, 11) is 0. The van der Waals surface area contributed by atoms with Gasteiger partial charge in [-0.2, -0.15) is 0 Å². The van der Waals surface area contributed by atoms with Gasteiger partial charge in [0.1, 0.15) is 0 Å². The van der Waals surface area contributed by atoms with Crippen LogP contribution in [0.5, 0.6) is 0 Å². The van der Waals surface area contributed by atoms with Gasteiger partial charge in [0.15, 0.2) is 0 Å². The van der Waals surface area contributed by atoms with Crippen LogP contribution in [0, 0.1) is 0 Å². The van der Waals surface area contributed by atoms with Gasteiger partial charge in [-0.25, -0.2) is 0 Å². The van der Waals surface area contributed by atoms with Crippen molar-refractivity contribution < 1.29 is 0 Å². The number of allylic oxidation sites excluding steroid dienone is 1. The van der Waals surface area contributed by atoms with Crippen LogP contribution in [0.25, 0.3) is 0 Å². The van der Waals surface area contributed by atoms with Crippen LogP contribution < -0.4 is 5.73 Å². The minimum atomic E-state index is 0.264. The maximum absolute atomic E-state index is 5.60. The molecule has 0 saturated carbocycles. The van der Waals surface area contributed by atoms with Crippen LogP contribution in [-0.2, 0) is 0 Å². The van der Waals surface area contributed by atoms with Crippen LogP contribution in [0.4, 0.5) is 0 Å². The highest BCUT2D eigenvalue weighted by atomic mass is 14.6. The predicted octanol–water partition coefficient (Wildman–Crippen LogP) is 1.69. The molecule has 0 bridgehead atoms. The zero-order chi connectivity index (χ0) is 6.57. The molecule has 1 unspecified atom stereocenters. The summed E-state index contributed by atoms with van der Waals surface area (Å²) in [4.78, 5) is 0. The van der Waals surface area contributed by atoms with Crippen molar-refractivity contribution in [2.45, 2.75) is 33.2 Å². The number of hydrogen-bond acceptors (Lipinski definition) is 1. The van der Waals surface area contributed by atoms with Crippen LogP contribution in [0.15, 0.2) is 11.6 Å². The predicted molar refractivity (Wildman–Crippen MR) is 37.7 cm³/mol. The highest BCUT2D eigenvalue weighted by Crippen LogP contribution is 1.94. The zero-order valence-electron chi connectivity index (χ0n) is 5.94. The molecule has 0 rings (SSSR count). The Kier molecular flexibility index (Phi) is 3.53. The summed E-state index contributed by atoms with van der Waals surface area (Å²) in [5.41, 5.74) is 6.90. The van der Waals surface area contributed by atoms with Crippen molar-refractivity contribution in [1.29, 1.82) is 0 Å². The number of hydrogen-bond donors (Lipinski definition) is 1. The van der Waals surface area contributed by atoms with Crippen molar-refractivity contribution in [2.75, 3.05) is 0 Å². The Balaban J connectivity index is 3.51. The summed E-state index contributed by atoms with van der Waals surface area (Å²) in [5.74, 6) is 0. The summed E-state index contributed by atoms with van der Waals surface area (Å²) in [6, 6.07) is 0.264. The van der Waals surface area contributed by atoms with Gasteiger partial charge in [-0.15, -0.1) is 0 Å². The van der Waals surface area contributed by atoms with Crippen molar-refractivity contribution in [3.8, 4) is 0 Å². The highest BCUT2D eigenvalue weighted by molar-refractivity contribution is 4.98. The van der Waals surface area contributed by atoms with E-state index in [9.17, 15) is 0 Å². The topological polar surface area (TPSA) is 26.0 Å². The van der Waals surface area contributed by atoms with Crippen molar-refractivity contribution in [3.05, 3.63) is 11.6 Å². The lowest BCUT2D eigenvalue weighted by Crippen LogP contribution is -2.14. The molecule has 8 heavy (non-hydrogen) atoms. The first-order chi connectivity index (χ1) is 3.66. The normalized spacial score (nSPS) is 13.0. The highest BCUT2D eigenvalue weighted by Gasteiger charge is 1.89. The Hall–Kier alpha value is -0.300. The maximum atomic E-state index is 5.60. The van der Waals surface area contributed by atoms with Crippen molar-refractivity contribution in [2.24, 2.45) is 5.73 Å². The summed E-state index contributed by atoms with van der Waals surface area (Å²) >= 11 is 0. The largest absolute Gasteiger partial charge is 0.324 e. The monoisotopic (exact) mass is 113 g/mol. The molecule has 2 N–H and O–H groups in total. The zero-order valence-corrected chi connectivity index (χ0v) is 5.94. The first kappa shape index (κ1) is 7.70. The smallest absolute Gasteiger partial charge is 0.0223 e. The third-order valence-electron chi connectivity index (χ3n) is 1.02. The summed E-state index contributed by atoms with van der Waals surface area (Å²) in [6.07, 6.45) is 3.12. The van der Waals surface area contributed by atoms with E-state index in [1.807, 2.05) is 0 Å². The van der Waals surface area contributed by atoms with Gasteiger partial charge in [0.05, 0.1) is 0 Å². The Bertz CT molecular complexity index is 80.4. The molecule has 0 spiro atoms. The Labute approximate surface area is 51.6 Å². The molecule has 0 aromatic rings. The minimum Gasteiger partial charge on any atom is -0.324 e. The lowest BCUT2D eigenvalue weighted by atomic mass is 10.2.